The molecule has 0 bridgehead atoms. The van der Waals surface area contributed by atoms with Gasteiger partial charge in [0.15, 0.2) is 0 Å². The fourth-order valence-electron chi connectivity index (χ4n) is 2.32. The Labute approximate surface area is 103 Å². The molecule has 1 fully saturated rings. The molecule has 3 heteroatoms. The highest BCUT2D eigenvalue weighted by Crippen LogP contribution is 2.22. The summed E-state index contributed by atoms with van der Waals surface area (Å²) in [5.41, 5.74) is 9.02. The molecule has 1 aliphatic heterocycles. The average molecular weight is 234 g/mol. The quantitative estimate of drug-likeness (QED) is 0.744. The lowest BCUT2D eigenvalue weighted by Gasteiger charge is -2.11. The molecule has 2 unspecified atom stereocenters. The lowest BCUT2D eigenvalue weighted by atomic mass is 9.98. The summed E-state index contributed by atoms with van der Waals surface area (Å²) in [6, 6.07) is 9.30. The van der Waals surface area contributed by atoms with Crippen LogP contribution in [0.2, 0.25) is 0 Å². The van der Waals surface area contributed by atoms with Crippen LogP contribution in [0, 0.1) is 5.92 Å². The molecule has 1 heterocycles. The summed E-state index contributed by atoms with van der Waals surface area (Å²) in [5.74, 6) is 0.700. The highest BCUT2D eigenvalue weighted by Gasteiger charge is 2.23. The van der Waals surface area contributed by atoms with Gasteiger partial charge in [-0.05, 0) is 29.9 Å². The molecule has 0 saturated carbocycles. The van der Waals surface area contributed by atoms with Crippen LogP contribution in [-0.2, 0) is 6.42 Å². The van der Waals surface area contributed by atoms with E-state index in [0.717, 1.165) is 12.8 Å². The maximum atomic E-state index is 9.07. The molecule has 0 amide bonds. The number of rotatable bonds is 4. The van der Waals surface area contributed by atoms with Crippen molar-refractivity contribution < 1.29 is 5.11 Å². The van der Waals surface area contributed by atoms with E-state index in [1.165, 1.54) is 11.1 Å². The van der Waals surface area contributed by atoms with Crippen molar-refractivity contribution >= 4 is 0 Å². The second-order valence-electron chi connectivity index (χ2n) is 5.30. The molecule has 0 spiro atoms. The van der Waals surface area contributed by atoms with E-state index in [4.69, 9.17) is 5.11 Å². The number of hydrazine groups is 1. The Balaban J connectivity index is 1.98. The molecule has 0 aromatic heterocycles. The predicted octanol–water partition coefficient (Wildman–Crippen LogP) is 1.78. The van der Waals surface area contributed by atoms with Crippen molar-refractivity contribution in [1.29, 1.82) is 0 Å². The van der Waals surface area contributed by atoms with Gasteiger partial charge < -0.3 is 5.11 Å². The van der Waals surface area contributed by atoms with Crippen molar-refractivity contribution in [2.45, 2.75) is 38.8 Å². The Kier molecular flexibility index (Phi) is 4.15. The van der Waals surface area contributed by atoms with Crippen LogP contribution >= 0.6 is 0 Å². The maximum absolute atomic E-state index is 9.07. The monoisotopic (exact) mass is 234 g/mol. The Morgan fingerprint density at radius 3 is 2.47 bits per heavy atom. The molecule has 3 N–H and O–H groups in total. The van der Waals surface area contributed by atoms with Crippen LogP contribution in [0.25, 0.3) is 0 Å². The van der Waals surface area contributed by atoms with Gasteiger partial charge in [-0.3, -0.25) is 5.43 Å². The zero-order valence-corrected chi connectivity index (χ0v) is 10.6. The SMILES string of the molecule is CC(C)Cc1ccc(C2CC(CO)NN2)cc1. The van der Waals surface area contributed by atoms with Crippen LogP contribution in [0.5, 0.6) is 0 Å². The second-order valence-corrected chi connectivity index (χ2v) is 5.30. The average Bonchev–Trinajstić information content (AvgIpc) is 2.78. The molecule has 3 nitrogen and oxygen atoms in total. The number of aliphatic hydroxyl groups excluding tert-OH is 1. The van der Waals surface area contributed by atoms with E-state index >= 15 is 0 Å². The van der Waals surface area contributed by atoms with Crippen LogP contribution in [0.1, 0.15) is 37.4 Å². The van der Waals surface area contributed by atoms with Crippen LogP contribution in [0.15, 0.2) is 24.3 Å². The highest BCUT2D eigenvalue weighted by atomic mass is 16.3. The van der Waals surface area contributed by atoms with Crippen molar-refractivity contribution in [3.05, 3.63) is 35.4 Å². The van der Waals surface area contributed by atoms with E-state index in [2.05, 4.69) is 49.0 Å². The topological polar surface area (TPSA) is 44.3 Å². The first kappa shape index (κ1) is 12.6. The van der Waals surface area contributed by atoms with E-state index < -0.39 is 0 Å². The van der Waals surface area contributed by atoms with Gasteiger partial charge in [0.05, 0.1) is 6.61 Å². The van der Waals surface area contributed by atoms with E-state index in [9.17, 15) is 0 Å². The molecule has 1 saturated heterocycles. The third-order valence-electron chi connectivity index (χ3n) is 3.23. The van der Waals surface area contributed by atoms with Gasteiger partial charge >= 0.3 is 0 Å². The minimum Gasteiger partial charge on any atom is -0.395 e. The minimum atomic E-state index is 0.176. The summed E-state index contributed by atoms with van der Waals surface area (Å²) >= 11 is 0. The normalized spacial score (nSPS) is 24.5. The summed E-state index contributed by atoms with van der Waals surface area (Å²) < 4.78 is 0. The van der Waals surface area contributed by atoms with Crippen molar-refractivity contribution in [3.8, 4) is 0 Å². The zero-order valence-electron chi connectivity index (χ0n) is 10.6. The Bertz CT molecular complexity index is 348. The molecule has 1 aromatic rings. The van der Waals surface area contributed by atoms with Gasteiger partial charge in [0.25, 0.3) is 0 Å². The molecular formula is C14H22N2O. The van der Waals surface area contributed by atoms with Crippen LogP contribution in [-0.4, -0.2) is 17.8 Å². The van der Waals surface area contributed by atoms with Crippen LogP contribution < -0.4 is 10.9 Å². The molecule has 1 aliphatic rings. The number of hydrogen-bond donors (Lipinski definition) is 3. The molecule has 17 heavy (non-hydrogen) atoms. The van der Waals surface area contributed by atoms with Crippen molar-refractivity contribution in [3.63, 3.8) is 0 Å². The lowest BCUT2D eigenvalue weighted by molar-refractivity contribution is 0.251. The number of aliphatic hydroxyl groups is 1. The first-order valence-corrected chi connectivity index (χ1v) is 6.39. The summed E-state index contributed by atoms with van der Waals surface area (Å²) in [4.78, 5) is 0. The Hall–Kier alpha value is -0.900. The predicted molar refractivity (Wildman–Crippen MR) is 69.5 cm³/mol. The van der Waals surface area contributed by atoms with Gasteiger partial charge in [-0.1, -0.05) is 38.1 Å². The summed E-state index contributed by atoms with van der Waals surface area (Å²) in [7, 11) is 0. The van der Waals surface area contributed by atoms with Crippen molar-refractivity contribution in [2.75, 3.05) is 6.61 Å². The van der Waals surface area contributed by atoms with Gasteiger partial charge in [-0.2, -0.15) is 0 Å². The van der Waals surface area contributed by atoms with E-state index in [-0.39, 0.29) is 12.6 Å². The fourth-order valence-corrected chi connectivity index (χ4v) is 2.32. The molecule has 0 aliphatic carbocycles. The standard InChI is InChI=1S/C14H22N2O/c1-10(2)7-11-3-5-12(6-4-11)14-8-13(9-17)15-16-14/h3-6,10,13-17H,7-9H2,1-2H3. The van der Waals surface area contributed by atoms with Gasteiger partial charge in [0, 0.05) is 12.1 Å². The summed E-state index contributed by atoms with van der Waals surface area (Å²) in [6.45, 7) is 4.67. The fraction of sp³-hybridized carbons (Fsp3) is 0.571. The molecule has 2 atom stereocenters. The summed E-state index contributed by atoms with van der Waals surface area (Å²) in [6.07, 6.45) is 2.08. The van der Waals surface area contributed by atoms with Gasteiger partial charge in [0.2, 0.25) is 0 Å². The molecule has 2 rings (SSSR count). The molecular weight excluding hydrogens is 212 g/mol. The Morgan fingerprint density at radius 2 is 1.94 bits per heavy atom. The van der Waals surface area contributed by atoms with Crippen LogP contribution in [0.4, 0.5) is 0 Å². The largest absolute Gasteiger partial charge is 0.395 e. The second kappa shape index (κ2) is 5.63. The van der Waals surface area contributed by atoms with Crippen LogP contribution in [0.3, 0.4) is 0 Å². The third kappa shape index (κ3) is 3.28. The van der Waals surface area contributed by atoms with E-state index in [0.29, 0.717) is 12.0 Å². The molecule has 0 radical (unpaired) electrons. The third-order valence-corrected chi connectivity index (χ3v) is 3.23. The van der Waals surface area contributed by atoms with Gasteiger partial charge in [-0.25, -0.2) is 5.43 Å². The zero-order chi connectivity index (χ0) is 12.3. The highest BCUT2D eigenvalue weighted by molar-refractivity contribution is 5.26. The minimum absolute atomic E-state index is 0.176. The van der Waals surface area contributed by atoms with Gasteiger partial charge in [0.1, 0.15) is 0 Å². The lowest BCUT2D eigenvalue weighted by Crippen LogP contribution is -2.32. The number of hydrogen-bond acceptors (Lipinski definition) is 3. The van der Waals surface area contributed by atoms with E-state index in [1.54, 1.807) is 0 Å². The first-order chi connectivity index (χ1) is 8.19. The Morgan fingerprint density at radius 1 is 1.24 bits per heavy atom. The first-order valence-electron chi connectivity index (χ1n) is 6.39. The van der Waals surface area contributed by atoms with E-state index in [1.807, 2.05) is 0 Å². The molecule has 94 valence electrons. The maximum Gasteiger partial charge on any atom is 0.0598 e. The number of nitrogens with one attached hydrogen (secondary N) is 2. The van der Waals surface area contributed by atoms with Crippen molar-refractivity contribution in [2.24, 2.45) is 5.92 Å². The number of benzene rings is 1. The summed E-state index contributed by atoms with van der Waals surface area (Å²) in [5, 5.41) is 9.07. The molecule has 1 aromatic carbocycles. The van der Waals surface area contributed by atoms with Crippen molar-refractivity contribution in [1.82, 2.24) is 10.9 Å². The van der Waals surface area contributed by atoms with Gasteiger partial charge in [-0.15, -0.1) is 0 Å². The smallest absolute Gasteiger partial charge is 0.0598 e.